The van der Waals surface area contributed by atoms with Gasteiger partial charge >= 0.3 is 0 Å². The number of aliphatic imine (C=N–C) groups is 1. The van der Waals surface area contributed by atoms with Crippen LogP contribution in [0.25, 0.3) is 0 Å². The SMILES string of the molecule is O=C(Nc1ccccc1)[C@]1(CCS(=O)(=O)c2ccccc2)N=C(c2ccc(OCCCO)cc2)O[C@@H]1c1ccc(Cl)cc1Cl. The molecule has 4 aromatic rings. The second-order valence-electron chi connectivity index (χ2n) is 10.2. The number of carbonyl (C=O) groups is 1. The molecule has 0 aliphatic carbocycles. The summed E-state index contributed by atoms with van der Waals surface area (Å²) >= 11 is 12.9. The third-order valence-electron chi connectivity index (χ3n) is 7.16. The summed E-state index contributed by atoms with van der Waals surface area (Å²) in [5.41, 5.74) is -0.244. The van der Waals surface area contributed by atoms with E-state index in [4.69, 9.17) is 42.8 Å². The van der Waals surface area contributed by atoms with E-state index in [0.717, 1.165) is 0 Å². The van der Waals surface area contributed by atoms with Gasteiger partial charge in [0.25, 0.3) is 5.91 Å². The topological polar surface area (TPSA) is 114 Å². The number of ether oxygens (including phenoxy) is 2. The second-order valence-corrected chi connectivity index (χ2v) is 13.1. The number of sulfone groups is 1. The molecule has 0 bridgehead atoms. The van der Waals surface area contributed by atoms with Crippen molar-refractivity contribution in [2.24, 2.45) is 4.99 Å². The maximum absolute atomic E-state index is 14.3. The summed E-state index contributed by atoms with van der Waals surface area (Å²) in [5.74, 6) is -0.219. The molecule has 0 saturated heterocycles. The van der Waals surface area contributed by atoms with Gasteiger partial charge in [-0.15, -0.1) is 0 Å². The highest BCUT2D eigenvalue weighted by atomic mass is 35.5. The highest BCUT2D eigenvalue weighted by molar-refractivity contribution is 7.91. The van der Waals surface area contributed by atoms with Crippen molar-refractivity contribution in [2.75, 3.05) is 24.3 Å². The Bertz CT molecular complexity index is 1740. The van der Waals surface area contributed by atoms with Gasteiger partial charge in [-0.3, -0.25) is 4.79 Å². The third-order valence-corrected chi connectivity index (χ3v) is 9.46. The fraction of sp³-hybridized carbons (Fsp3) is 0.212. The Morgan fingerprint density at radius 1 is 0.955 bits per heavy atom. The van der Waals surface area contributed by atoms with E-state index in [9.17, 15) is 13.2 Å². The van der Waals surface area contributed by atoms with Gasteiger partial charge in [0.1, 0.15) is 5.75 Å². The maximum atomic E-state index is 14.3. The van der Waals surface area contributed by atoms with Crippen LogP contribution in [0.4, 0.5) is 5.69 Å². The summed E-state index contributed by atoms with van der Waals surface area (Å²) in [7, 11) is -3.81. The van der Waals surface area contributed by atoms with Crippen LogP contribution in [-0.2, 0) is 19.4 Å². The van der Waals surface area contributed by atoms with Gasteiger partial charge in [-0.25, -0.2) is 13.4 Å². The van der Waals surface area contributed by atoms with E-state index in [1.165, 1.54) is 12.1 Å². The lowest BCUT2D eigenvalue weighted by Crippen LogP contribution is -2.46. The normalized spacial score (nSPS) is 17.9. The van der Waals surface area contributed by atoms with Crippen LogP contribution in [0.1, 0.15) is 30.1 Å². The quantitative estimate of drug-likeness (QED) is 0.169. The van der Waals surface area contributed by atoms with Crippen molar-refractivity contribution < 1.29 is 27.8 Å². The number of rotatable bonds is 12. The Balaban J connectivity index is 1.59. The van der Waals surface area contributed by atoms with Crippen LogP contribution >= 0.6 is 23.2 Å². The van der Waals surface area contributed by atoms with Crippen molar-refractivity contribution in [1.82, 2.24) is 0 Å². The lowest BCUT2D eigenvalue weighted by Gasteiger charge is -2.31. The number of halogens is 2. The van der Waals surface area contributed by atoms with E-state index >= 15 is 0 Å². The van der Waals surface area contributed by atoms with Crippen LogP contribution in [-0.4, -0.2) is 49.8 Å². The Morgan fingerprint density at radius 3 is 2.30 bits per heavy atom. The van der Waals surface area contributed by atoms with Crippen molar-refractivity contribution in [2.45, 2.75) is 29.4 Å². The van der Waals surface area contributed by atoms with Gasteiger partial charge in [-0.05, 0) is 60.7 Å². The number of para-hydroxylation sites is 1. The van der Waals surface area contributed by atoms with Gasteiger partial charge in [0.2, 0.25) is 5.90 Å². The zero-order valence-corrected chi connectivity index (χ0v) is 25.9. The number of aliphatic hydroxyl groups excluding tert-OH is 1. The molecule has 1 aliphatic rings. The Kier molecular flexibility index (Phi) is 9.90. The highest BCUT2D eigenvalue weighted by Crippen LogP contribution is 2.46. The Morgan fingerprint density at radius 2 is 1.64 bits per heavy atom. The van der Waals surface area contributed by atoms with E-state index in [2.05, 4.69) is 5.32 Å². The fourth-order valence-corrected chi connectivity index (χ4v) is 6.75. The Labute approximate surface area is 266 Å². The van der Waals surface area contributed by atoms with Crippen molar-refractivity contribution >= 4 is 50.5 Å². The summed E-state index contributed by atoms with van der Waals surface area (Å²) in [6.07, 6.45) is -0.804. The monoisotopic (exact) mass is 652 g/mol. The van der Waals surface area contributed by atoms with E-state index in [1.807, 2.05) is 6.07 Å². The van der Waals surface area contributed by atoms with E-state index in [1.54, 1.807) is 84.9 Å². The molecule has 1 aliphatic heterocycles. The molecule has 0 unspecified atom stereocenters. The van der Waals surface area contributed by atoms with Crippen LogP contribution in [0.15, 0.2) is 113 Å². The molecule has 0 radical (unpaired) electrons. The number of hydrogen-bond donors (Lipinski definition) is 2. The molecule has 1 heterocycles. The molecule has 0 fully saturated rings. The van der Waals surface area contributed by atoms with Gasteiger partial charge in [0.05, 0.1) is 17.3 Å². The molecule has 11 heteroatoms. The standard InChI is InChI=1S/C33H30Cl2N2O6S/c34-24-14-17-28(29(35)22-24)30-33(32(39)36-25-8-3-1-4-9-25,18-21-44(40,41)27-10-5-2-6-11-27)37-31(43-30)23-12-15-26(16-13-23)42-20-7-19-38/h1-6,8-17,22,30,38H,7,18-21H2,(H,36,39)/t30-,33-/m1/s1. The van der Waals surface area contributed by atoms with Crippen LogP contribution < -0.4 is 10.1 Å². The number of anilines is 1. The minimum absolute atomic E-state index is 0.0183. The first-order valence-electron chi connectivity index (χ1n) is 13.9. The molecule has 1 amide bonds. The predicted octanol–water partition coefficient (Wildman–Crippen LogP) is 6.51. The maximum Gasteiger partial charge on any atom is 0.256 e. The zero-order chi connectivity index (χ0) is 31.2. The van der Waals surface area contributed by atoms with Crippen LogP contribution in [0.5, 0.6) is 5.75 Å². The van der Waals surface area contributed by atoms with Gasteiger partial charge < -0.3 is 19.9 Å². The molecule has 4 aromatic carbocycles. The first kappa shape index (κ1) is 31.5. The van der Waals surface area contributed by atoms with Crippen molar-refractivity contribution in [3.05, 3.63) is 124 Å². The molecule has 228 valence electrons. The number of aliphatic hydroxyl groups is 1. The number of nitrogens with one attached hydrogen (secondary N) is 1. The minimum Gasteiger partial charge on any atom is -0.494 e. The molecule has 2 N–H and O–H groups in total. The zero-order valence-electron chi connectivity index (χ0n) is 23.5. The first-order chi connectivity index (χ1) is 21.2. The second kappa shape index (κ2) is 13.8. The van der Waals surface area contributed by atoms with E-state index < -0.39 is 33.1 Å². The smallest absolute Gasteiger partial charge is 0.256 e. The minimum atomic E-state index is -3.81. The lowest BCUT2D eigenvalue weighted by molar-refractivity contribution is -0.123. The van der Waals surface area contributed by atoms with Crippen molar-refractivity contribution in [3.63, 3.8) is 0 Å². The van der Waals surface area contributed by atoms with E-state index in [-0.39, 0.29) is 28.8 Å². The molecule has 0 aromatic heterocycles. The number of nitrogens with zero attached hydrogens (tertiary/aromatic N) is 1. The number of amides is 1. The molecule has 0 spiro atoms. The van der Waals surface area contributed by atoms with E-state index in [0.29, 0.717) is 40.6 Å². The average Bonchev–Trinajstić information content (AvgIpc) is 3.42. The summed E-state index contributed by atoms with van der Waals surface area (Å²) < 4.78 is 39.0. The molecule has 44 heavy (non-hydrogen) atoms. The molecule has 2 atom stereocenters. The van der Waals surface area contributed by atoms with Crippen LogP contribution in [0, 0.1) is 0 Å². The lowest BCUT2D eigenvalue weighted by atomic mass is 9.85. The van der Waals surface area contributed by atoms with Crippen LogP contribution in [0.3, 0.4) is 0 Å². The molecular weight excluding hydrogens is 623 g/mol. The summed E-state index contributed by atoms with van der Waals surface area (Å²) in [5, 5.41) is 12.6. The van der Waals surface area contributed by atoms with Crippen molar-refractivity contribution in [3.8, 4) is 5.75 Å². The molecule has 5 rings (SSSR count). The van der Waals surface area contributed by atoms with Gasteiger partial charge in [-0.2, -0.15) is 0 Å². The van der Waals surface area contributed by atoms with Gasteiger partial charge in [0.15, 0.2) is 21.5 Å². The Hall–Kier alpha value is -3.89. The largest absolute Gasteiger partial charge is 0.494 e. The van der Waals surface area contributed by atoms with Gasteiger partial charge in [-0.1, -0.05) is 65.7 Å². The summed E-state index contributed by atoms with van der Waals surface area (Å²) in [6.45, 7) is 0.369. The summed E-state index contributed by atoms with van der Waals surface area (Å²) in [6, 6.07) is 28.6. The number of hydrogen-bond acceptors (Lipinski definition) is 7. The third kappa shape index (κ3) is 7.08. The molecule has 0 saturated carbocycles. The summed E-state index contributed by atoms with van der Waals surface area (Å²) in [4.78, 5) is 19.3. The first-order valence-corrected chi connectivity index (χ1v) is 16.3. The number of carbonyl (C=O) groups excluding carboxylic acids is 1. The molecule has 8 nitrogen and oxygen atoms in total. The average molecular weight is 654 g/mol. The van der Waals surface area contributed by atoms with Crippen LogP contribution in [0.2, 0.25) is 10.0 Å². The van der Waals surface area contributed by atoms with Crippen molar-refractivity contribution in [1.29, 1.82) is 0 Å². The number of benzene rings is 4. The predicted molar refractivity (Wildman–Crippen MR) is 171 cm³/mol. The molecular formula is C33H30Cl2N2O6S. The highest BCUT2D eigenvalue weighted by Gasteiger charge is 2.54. The van der Waals surface area contributed by atoms with Gasteiger partial charge in [0, 0.05) is 46.3 Å². The fourth-order valence-electron chi connectivity index (χ4n) is 4.86.